The molecule has 2 heteroatoms. The molecule has 0 bridgehead atoms. The summed E-state index contributed by atoms with van der Waals surface area (Å²) >= 11 is 1.89. The van der Waals surface area contributed by atoms with Crippen molar-refractivity contribution in [1.82, 2.24) is 0 Å². The second kappa shape index (κ2) is 12.4. The van der Waals surface area contributed by atoms with Crippen molar-refractivity contribution in [3.05, 3.63) is 200 Å². The lowest BCUT2D eigenvalue weighted by molar-refractivity contribution is 1.30. The van der Waals surface area contributed by atoms with Crippen LogP contribution in [0.2, 0.25) is 0 Å². The minimum absolute atomic E-state index is 1.12. The Kier molecular flexibility index (Phi) is 7.11. The van der Waals surface area contributed by atoms with Gasteiger partial charge in [-0.1, -0.05) is 146 Å². The number of fused-ring (bicyclic) bond motifs is 8. The minimum atomic E-state index is 1.12. The number of benzene rings is 10. The van der Waals surface area contributed by atoms with E-state index in [9.17, 15) is 0 Å². The molecular weight excluding hydrogens is 671 g/mol. The molecule has 0 amide bonds. The van der Waals surface area contributed by atoms with Gasteiger partial charge >= 0.3 is 0 Å². The quantitative estimate of drug-likeness (QED) is 0.172. The molecule has 0 fully saturated rings. The van der Waals surface area contributed by atoms with Gasteiger partial charge in [0.15, 0.2) is 0 Å². The minimum Gasteiger partial charge on any atom is -0.310 e. The standard InChI is InChI=1S/C52H33NS/c1-3-12-38-29-41(18-17-34(38)9-1)50-32-42(30-40-14-6-7-15-46(40)50)36-19-23-43(24-20-36)53(44-25-21-35-10-2-4-13-39(35)31-44)45-26-28-48-49-27-22-37-11-5-8-16-47(37)52(49)54-51(48)33-45/h1-33H. The predicted molar refractivity (Wildman–Crippen MR) is 235 cm³/mol. The summed E-state index contributed by atoms with van der Waals surface area (Å²) in [6.07, 6.45) is 0. The lowest BCUT2D eigenvalue weighted by Crippen LogP contribution is -2.09. The highest BCUT2D eigenvalue weighted by Gasteiger charge is 2.17. The Morgan fingerprint density at radius 1 is 0.296 bits per heavy atom. The highest BCUT2D eigenvalue weighted by Crippen LogP contribution is 2.44. The van der Waals surface area contributed by atoms with Crippen LogP contribution in [0.4, 0.5) is 17.1 Å². The lowest BCUT2D eigenvalue weighted by Gasteiger charge is -2.26. The van der Waals surface area contributed by atoms with Crippen LogP contribution < -0.4 is 4.90 Å². The van der Waals surface area contributed by atoms with Crippen molar-refractivity contribution in [2.45, 2.75) is 0 Å². The predicted octanol–water partition coefficient (Wildman–Crippen LogP) is 15.5. The normalized spacial score (nSPS) is 11.7. The smallest absolute Gasteiger partial charge is 0.0476 e. The van der Waals surface area contributed by atoms with Gasteiger partial charge in [0, 0.05) is 37.2 Å². The number of anilines is 3. The molecule has 0 aliphatic rings. The highest BCUT2D eigenvalue weighted by molar-refractivity contribution is 7.26. The van der Waals surface area contributed by atoms with Crippen molar-refractivity contribution in [1.29, 1.82) is 0 Å². The summed E-state index contributed by atoms with van der Waals surface area (Å²) in [7, 11) is 0. The van der Waals surface area contributed by atoms with Crippen LogP contribution in [0.15, 0.2) is 200 Å². The molecule has 0 unspecified atom stereocenters. The average Bonchev–Trinajstić information content (AvgIpc) is 3.62. The van der Waals surface area contributed by atoms with Crippen molar-refractivity contribution in [2.75, 3.05) is 4.90 Å². The van der Waals surface area contributed by atoms with Gasteiger partial charge in [0.25, 0.3) is 0 Å². The molecule has 11 aromatic rings. The average molecular weight is 704 g/mol. The molecule has 1 nitrogen and oxygen atoms in total. The lowest BCUT2D eigenvalue weighted by atomic mass is 9.92. The maximum atomic E-state index is 2.40. The van der Waals surface area contributed by atoms with Gasteiger partial charge in [0.2, 0.25) is 0 Å². The number of hydrogen-bond donors (Lipinski definition) is 0. The molecule has 0 saturated carbocycles. The summed E-state index contributed by atoms with van der Waals surface area (Å²) in [6, 6.07) is 73.6. The largest absolute Gasteiger partial charge is 0.310 e. The van der Waals surface area contributed by atoms with E-state index in [0.29, 0.717) is 0 Å². The maximum Gasteiger partial charge on any atom is 0.0476 e. The van der Waals surface area contributed by atoms with E-state index in [2.05, 4.69) is 205 Å². The van der Waals surface area contributed by atoms with Gasteiger partial charge in [-0.25, -0.2) is 0 Å². The van der Waals surface area contributed by atoms with Crippen molar-refractivity contribution in [3.63, 3.8) is 0 Å². The number of thiophene rings is 1. The fourth-order valence-electron chi connectivity index (χ4n) is 8.27. The first-order valence-electron chi connectivity index (χ1n) is 18.5. The van der Waals surface area contributed by atoms with Gasteiger partial charge in [0.05, 0.1) is 0 Å². The molecule has 0 N–H and O–H groups in total. The van der Waals surface area contributed by atoms with Crippen LogP contribution in [0.25, 0.3) is 85.5 Å². The number of nitrogens with zero attached hydrogens (tertiary/aromatic N) is 1. The van der Waals surface area contributed by atoms with E-state index >= 15 is 0 Å². The highest BCUT2D eigenvalue weighted by atomic mass is 32.1. The van der Waals surface area contributed by atoms with Crippen LogP contribution in [0.5, 0.6) is 0 Å². The van der Waals surface area contributed by atoms with Gasteiger partial charge in [-0.2, -0.15) is 0 Å². The molecular formula is C52H33NS. The maximum absolute atomic E-state index is 2.40. The van der Waals surface area contributed by atoms with E-state index in [1.165, 1.54) is 85.5 Å². The molecule has 1 heterocycles. The van der Waals surface area contributed by atoms with Crippen LogP contribution in [0.1, 0.15) is 0 Å². The van der Waals surface area contributed by atoms with Gasteiger partial charge in [-0.3, -0.25) is 0 Å². The Balaban J connectivity index is 1.05. The summed E-state index contributed by atoms with van der Waals surface area (Å²) in [4.78, 5) is 2.40. The molecule has 1 aromatic heterocycles. The van der Waals surface area contributed by atoms with E-state index in [-0.39, 0.29) is 0 Å². The summed E-state index contributed by atoms with van der Waals surface area (Å²) in [5, 5.41) is 12.7. The first-order valence-corrected chi connectivity index (χ1v) is 19.3. The molecule has 0 spiro atoms. The third kappa shape index (κ3) is 5.15. The zero-order chi connectivity index (χ0) is 35.6. The topological polar surface area (TPSA) is 3.24 Å². The fraction of sp³-hybridized carbons (Fsp3) is 0. The van der Waals surface area contributed by atoms with Crippen LogP contribution in [0.3, 0.4) is 0 Å². The molecule has 0 aliphatic heterocycles. The molecule has 0 atom stereocenters. The van der Waals surface area contributed by atoms with E-state index < -0.39 is 0 Å². The Labute approximate surface area is 317 Å². The zero-order valence-electron chi connectivity index (χ0n) is 29.4. The Morgan fingerprint density at radius 2 is 0.833 bits per heavy atom. The SMILES string of the molecule is c1ccc2cc(-c3cc(-c4ccc(N(c5ccc6ccccc6c5)c5ccc6c(c5)sc5c7ccccc7ccc65)cc4)cc4ccccc34)ccc2c1. The molecule has 10 aromatic carbocycles. The molecule has 0 saturated heterocycles. The van der Waals surface area contributed by atoms with Crippen LogP contribution in [0, 0.1) is 0 Å². The number of hydrogen-bond acceptors (Lipinski definition) is 2. The summed E-state index contributed by atoms with van der Waals surface area (Å²) in [5.74, 6) is 0. The molecule has 0 aliphatic carbocycles. The van der Waals surface area contributed by atoms with Gasteiger partial charge < -0.3 is 4.90 Å². The summed E-state index contributed by atoms with van der Waals surface area (Å²) in [6.45, 7) is 0. The second-order valence-corrected chi connectivity index (χ2v) is 15.2. The van der Waals surface area contributed by atoms with Crippen LogP contribution in [-0.2, 0) is 0 Å². The van der Waals surface area contributed by atoms with Crippen molar-refractivity contribution in [2.24, 2.45) is 0 Å². The van der Waals surface area contributed by atoms with Gasteiger partial charge in [-0.05, 0) is 120 Å². The van der Waals surface area contributed by atoms with E-state index in [1.54, 1.807) is 0 Å². The summed E-state index contributed by atoms with van der Waals surface area (Å²) < 4.78 is 2.64. The molecule has 0 radical (unpaired) electrons. The fourth-order valence-corrected chi connectivity index (χ4v) is 9.54. The van der Waals surface area contributed by atoms with Gasteiger partial charge in [0.1, 0.15) is 0 Å². The number of rotatable bonds is 5. The first kappa shape index (κ1) is 30.8. The van der Waals surface area contributed by atoms with E-state index in [4.69, 9.17) is 0 Å². The van der Waals surface area contributed by atoms with Gasteiger partial charge in [-0.15, -0.1) is 11.3 Å². The van der Waals surface area contributed by atoms with Crippen LogP contribution >= 0.6 is 11.3 Å². The van der Waals surface area contributed by atoms with Crippen molar-refractivity contribution < 1.29 is 0 Å². The Hall–Kier alpha value is -6.74. The zero-order valence-corrected chi connectivity index (χ0v) is 30.2. The third-order valence-corrected chi connectivity index (χ3v) is 12.2. The first-order chi connectivity index (χ1) is 26.7. The van der Waals surface area contributed by atoms with Crippen molar-refractivity contribution in [3.8, 4) is 22.3 Å². The molecule has 54 heavy (non-hydrogen) atoms. The van der Waals surface area contributed by atoms with Crippen LogP contribution in [-0.4, -0.2) is 0 Å². The van der Waals surface area contributed by atoms with E-state index in [0.717, 1.165) is 17.1 Å². The molecule has 11 rings (SSSR count). The Morgan fingerprint density at radius 3 is 1.63 bits per heavy atom. The summed E-state index contributed by atoms with van der Waals surface area (Å²) in [5.41, 5.74) is 8.28. The molecule has 252 valence electrons. The third-order valence-electron chi connectivity index (χ3n) is 11.0. The second-order valence-electron chi connectivity index (χ2n) is 14.2. The van der Waals surface area contributed by atoms with Crippen molar-refractivity contribution >= 4 is 91.7 Å². The van der Waals surface area contributed by atoms with E-state index in [1.807, 2.05) is 11.3 Å². The Bertz CT molecular complexity index is 3230. The monoisotopic (exact) mass is 703 g/mol.